The SMILES string of the molecule is OCc1cc(-c2c[nH]c3ccc(Br)cc23)nc2c(Br)cccc12. The molecule has 3 nitrogen and oxygen atoms in total. The van der Waals surface area contributed by atoms with Crippen molar-refractivity contribution >= 4 is 53.7 Å². The summed E-state index contributed by atoms with van der Waals surface area (Å²) in [6, 6.07) is 14.0. The molecule has 0 amide bonds. The van der Waals surface area contributed by atoms with Gasteiger partial charge in [-0.05, 0) is 51.8 Å². The molecule has 0 atom stereocenters. The van der Waals surface area contributed by atoms with Gasteiger partial charge in [0.2, 0.25) is 0 Å². The van der Waals surface area contributed by atoms with E-state index in [2.05, 4.69) is 42.9 Å². The molecule has 4 aromatic rings. The average Bonchev–Trinajstić information content (AvgIpc) is 2.97. The number of rotatable bonds is 2. The van der Waals surface area contributed by atoms with E-state index in [4.69, 9.17) is 4.98 Å². The number of hydrogen-bond donors (Lipinski definition) is 2. The second kappa shape index (κ2) is 5.74. The number of fused-ring (bicyclic) bond motifs is 2. The van der Waals surface area contributed by atoms with Crippen LogP contribution in [0.2, 0.25) is 0 Å². The number of halogens is 2. The van der Waals surface area contributed by atoms with Crippen molar-refractivity contribution < 1.29 is 5.11 Å². The van der Waals surface area contributed by atoms with Crippen LogP contribution in [0.15, 0.2) is 57.6 Å². The predicted molar refractivity (Wildman–Crippen MR) is 100 cm³/mol. The molecule has 5 heteroatoms. The second-order valence-corrected chi connectivity index (χ2v) is 7.12. The van der Waals surface area contributed by atoms with Gasteiger partial charge < -0.3 is 10.1 Å². The molecule has 2 aromatic carbocycles. The Labute approximate surface area is 149 Å². The summed E-state index contributed by atoms with van der Waals surface area (Å²) in [5, 5.41) is 11.8. The maximum Gasteiger partial charge on any atom is 0.0855 e. The summed E-state index contributed by atoms with van der Waals surface area (Å²) in [5.41, 5.74) is 4.66. The van der Waals surface area contributed by atoms with Crippen LogP contribution in [0.4, 0.5) is 0 Å². The van der Waals surface area contributed by atoms with Crippen LogP contribution in [0.5, 0.6) is 0 Å². The molecule has 2 heterocycles. The predicted octanol–water partition coefficient (Wildman–Crippen LogP) is 5.40. The summed E-state index contributed by atoms with van der Waals surface area (Å²) >= 11 is 7.08. The number of aliphatic hydroxyl groups excluding tert-OH is 1. The van der Waals surface area contributed by atoms with Gasteiger partial charge in [0, 0.05) is 37.0 Å². The van der Waals surface area contributed by atoms with Crippen molar-refractivity contribution in [1.29, 1.82) is 0 Å². The van der Waals surface area contributed by atoms with E-state index in [1.165, 1.54) is 0 Å². The number of aromatic nitrogens is 2. The third-order valence-corrected chi connectivity index (χ3v) is 5.10. The van der Waals surface area contributed by atoms with Gasteiger partial charge in [-0.1, -0.05) is 28.1 Å². The minimum Gasteiger partial charge on any atom is -0.392 e. The number of aromatic amines is 1. The molecule has 0 radical (unpaired) electrons. The van der Waals surface area contributed by atoms with Crippen LogP contribution >= 0.6 is 31.9 Å². The number of benzene rings is 2. The summed E-state index contributed by atoms with van der Waals surface area (Å²) < 4.78 is 1.95. The van der Waals surface area contributed by atoms with Crippen LogP contribution in [0.25, 0.3) is 33.1 Å². The largest absolute Gasteiger partial charge is 0.392 e. The van der Waals surface area contributed by atoms with E-state index in [-0.39, 0.29) is 6.61 Å². The first-order chi connectivity index (χ1) is 11.2. The van der Waals surface area contributed by atoms with Crippen molar-refractivity contribution in [3.63, 3.8) is 0 Å². The van der Waals surface area contributed by atoms with E-state index in [1.807, 2.05) is 42.6 Å². The fourth-order valence-electron chi connectivity index (χ4n) is 2.86. The van der Waals surface area contributed by atoms with Crippen LogP contribution in [0.1, 0.15) is 5.56 Å². The molecule has 0 bridgehead atoms. The Balaban J connectivity index is 2.04. The van der Waals surface area contributed by atoms with Crippen molar-refractivity contribution in [3.05, 3.63) is 63.2 Å². The molecule has 114 valence electrons. The second-order valence-electron chi connectivity index (χ2n) is 5.35. The summed E-state index contributed by atoms with van der Waals surface area (Å²) in [6.07, 6.45) is 1.96. The normalized spacial score (nSPS) is 11.4. The molecule has 0 fully saturated rings. The Morgan fingerprint density at radius 3 is 2.74 bits per heavy atom. The van der Waals surface area contributed by atoms with Gasteiger partial charge in [-0.2, -0.15) is 0 Å². The van der Waals surface area contributed by atoms with E-state index in [0.29, 0.717) is 0 Å². The summed E-state index contributed by atoms with van der Waals surface area (Å²) in [4.78, 5) is 8.09. The molecule has 0 aliphatic heterocycles. The Bertz CT molecular complexity index is 1040. The average molecular weight is 432 g/mol. The molecular weight excluding hydrogens is 420 g/mol. The maximum atomic E-state index is 9.75. The highest BCUT2D eigenvalue weighted by Gasteiger charge is 2.12. The molecule has 0 unspecified atom stereocenters. The lowest BCUT2D eigenvalue weighted by atomic mass is 10.0. The molecule has 2 aromatic heterocycles. The fourth-order valence-corrected chi connectivity index (χ4v) is 3.67. The number of hydrogen-bond acceptors (Lipinski definition) is 2. The van der Waals surface area contributed by atoms with Crippen LogP contribution in [0, 0.1) is 0 Å². The monoisotopic (exact) mass is 430 g/mol. The van der Waals surface area contributed by atoms with Crippen molar-refractivity contribution in [2.75, 3.05) is 0 Å². The molecule has 0 aliphatic rings. The van der Waals surface area contributed by atoms with Gasteiger partial charge in [0.05, 0.1) is 17.8 Å². The van der Waals surface area contributed by atoms with Crippen molar-refractivity contribution in [1.82, 2.24) is 9.97 Å². The van der Waals surface area contributed by atoms with Gasteiger partial charge in [0.25, 0.3) is 0 Å². The lowest BCUT2D eigenvalue weighted by molar-refractivity contribution is 0.283. The van der Waals surface area contributed by atoms with Gasteiger partial charge >= 0.3 is 0 Å². The minimum atomic E-state index is -0.0193. The van der Waals surface area contributed by atoms with Crippen molar-refractivity contribution in [3.8, 4) is 11.3 Å². The van der Waals surface area contributed by atoms with Gasteiger partial charge in [-0.25, -0.2) is 4.98 Å². The molecule has 2 N–H and O–H groups in total. The van der Waals surface area contributed by atoms with E-state index >= 15 is 0 Å². The zero-order valence-electron chi connectivity index (χ0n) is 12.0. The fraction of sp³-hybridized carbons (Fsp3) is 0.0556. The quantitative estimate of drug-likeness (QED) is 0.446. The number of para-hydroxylation sites is 1. The van der Waals surface area contributed by atoms with E-state index in [0.717, 1.165) is 47.6 Å². The topological polar surface area (TPSA) is 48.9 Å². The van der Waals surface area contributed by atoms with Gasteiger partial charge in [0.15, 0.2) is 0 Å². The summed E-state index contributed by atoms with van der Waals surface area (Å²) in [5.74, 6) is 0. The molecule has 0 aliphatic carbocycles. The highest BCUT2D eigenvalue weighted by atomic mass is 79.9. The van der Waals surface area contributed by atoms with Gasteiger partial charge in [-0.3, -0.25) is 0 Å². The Morgan fingerprint density at radius 2 is 1.91 bits per heavy atom. The van der Waals surface area contributed by atoms with E-state index in [9.17, 15) is 5.11 Å². The highest BCUT2D eigenvalue weighted by molar-refractivity contribution is 9.11. The standard InChI is InChI=1S/C18H12Br2N2O/c19-11-4-5-16-13(7-11)14(8-21-16)17-6-10(9-23)12-2-1-3-15(20)18(12)22-17/h1-8,21,23H,9H2. The maximum absolute atomic E-state index is 9.75. The number of aliphatic hydroxyl groups is 1. The summed E-state index contributed by atoms with van der Waals surface area (Å²) in [7, 11) is 0. The first-order valence-corrected chi connectivity index (χ1v) is 8.72. The molecule has 23 heavy (non-hydrogen) atoms. The zero-order chi connectivity index (χ0) is 16.0. The smallest absolute Gasteiger partial charge is 0.0855 e. The van der Waals surface area contributed by atoms with E-state index in [1.54, 1.807) is 0 Å². The number of nitrogens with zero attached hydrogens (tertiary/aromatic N) is 1. The van der Waals surface area contributed by atoms with Gasteiger partial charge in [0.1, 0.15) is 0 Å². The van der Waals surface area contributed by atoms with Gasteiger partial charge in [-0.15, -0.1) is 0 Å². The Hall–Kier alpha value is -1.69. The van der Waals surface area contributed by atoms with Crippen molar-refractivity contribution in [2.24, 2.45) is 0 Å². The Morgan fingerprint density at radius 1 is 1.04 bits per heavy atom. The number of nitrogens with one attached hydrogen (secondary N) is 1. The van der Waals surface area contributed by atoms with Crippen LogP contribution in [-0.4, -0.2) is 15.1 Å². The summed E-state index contributed by atoms with van der Waals surface area (Å²) in [6.45, 7) is -0.0193. The molecule has 0 spiro atoms. The minimum absolute atomic E-state index is 0.0193. The third-order valence-electron chi connectivity index (χ3n) is 3.97. The molecule has 4 rings (SSSR count). The molecule has 0 saturated heterocycles. The Kier molecular flexibility index (Phi) is 3.71. The number of pyridine rings is 1. The zero-order valence-corrected chi connectivity index (χ0v) is 15.1. The molecular formula is C18H12Br2N2O. The first kappa shape index (κ1) is 14.9. The van der Waals surface area contributed by atoms with Crippen LogP contribution in [0.3, 0.4) is 0 Å². The molecule has 0 saturated carbocycles. The first-order valence-electron chi connectivity index (χ1n) is 7.13. The van der Waals surface area contributed by atoms with Crippen LogP contribution in [-0.2, 0) is 6.61 Å². The highest BCUT2D eigenvalue weighted by Crippen LogP contribution is 2.33. The lowest BCUT2D eigenvalue weighted by Crippen LogP contribution is -1.93. The van der Waals surface area contributed by atoms with E-state index < -0.39 is 0 Å². The number of H-pyrrole nitrogens is 1. The lowest BCUT2D eigenvalue weighted by Gasteiger charge is -2.09. The third kappa shape index (κ3) is 2.49. The van der Waals surface area contributed by atoms with Crippen LogP contribution < -0.4 is 0 Å². The van der Waals surface area contributed by atoms with Crippen molar-refractivity contribution in [2.45, 2.75) is 6.61 Å².